The highest BCUT2D eigenvalue weighted by molar-refractivity contribution is 7.89. The van der Waals surface area contributed by atoms with E-state index in [1.165, 1.54) is 11.3 Å². The minimum atomic E-state index is -3.37. The van der Waals surface area contributed by atoms with Crippen LogP contribution >= 0.6 is 11.3 Å². The molecule has 0 aliphatic carbocycles. The summed E-state index contributed by atoms with van der Waals surface area (Å²) in [5, 5.41) is 4.91. The molecule has 1 aromatic rings. The lowest BCUT2D eigenvalue weighted by Crippen LogP contribution is -2.34. The summed E-state index contributed by atoms with van der Waals surface area (Å²) in [5.74, 6) is 0. The summed E-state index contributed by atoms with van der Waals surface area (Å²) in [6.07, 6.45) is 2.68. The van der Waals surface area contributed by atoms with Crippen LogP contribution in [-0.2, 0) is 16.6 Å². The first-order valence-corrected chi connectivity index (χ1v) is 9.20. The van der Waals surface area contributed by atoms with E-state index < -0.39 is 10.0 Å². The molecule has 0 saturated carbocycles. The molecule has 0 spiro atoms. The fourth-order valence-electron chi connectivity index (χ4n) is 1.82. The first-order valence-electron chi connectivity index (χ1n) is 6.83. The van der Waals surface area contributed by atoms with E-state index in [1.807, 2.05) is 13.8 Å². The van der Waals surface area contributed by atoms with E-state index in [2.05, 4.69) is 17.0 Å². The molecular formula is C13H24N2O2S2. The Morgan fingerprint density at radius 1 is 1.32 bits per heavy atom. The third-order valence-corrected chi connectivity index (χ3v) is 5.53. The highest BCUT2D eigenvalue weighted by atomic mass is 32.2. The Balaban J connectivity index is 2.73. The van der Waals surface area contributed by atoms with Gasteiger partial charge >= 0.3 is 0 Å². The topological polar surface area (TPSA) is 58.2 Å². The minimum Gasteiger partial charge on any atom is -0.312 e. The van der Waals surface area contributed by atoms with Crippen molar-refractivity contribution in [2.75, 3.05) is 6.54 Å². The third kappa shape index (κ3) is 5.22. The fourth-order valence-corrected chi connectivity index (χ4v) is 4.42. The molecule has 0 radical (unpaired) electrons. The lowest BCUT2D eigenvalue weighted by Gasteiger charge is -2.15. The predicted octanol–water partition coefficient (Wildman–Crippen LogP) is 2.71. The van der Waals surface area contributed by atoms with Gasteiger partial charge in [0.1, 0.15) is 0 Å². The summed E-state index contributed by atoms with van der Waals surface area (Å²) in [5.41, 5.74) is 0. The highest BCUT2D eigenvalue weighted by Crippen LogP contribution is 2.20. The van der Waals surface area contributed by atoms with Crippen LogP contribution in [0.3, 0.4) is 0 Å². The second-order valence-electron chi connectivity index (χ2n) is 4.54. The minimum absolute atomic E-state index is 0.0344. The standard InChI is InChI=1S/C13H24N2O2S2/c1-4-7-11(5-2)15-19(16,17)13-8-12(18-10-13)9-14-6-3/h8,10-11,14-15H,4-7,9H2,1-3H3. The predicted molar refractivity (Wildman–Crippen MR) is 81.0 cm³/mol. The van der Waals surface area contributed by atoms with Crippen molar-refractivity contribution in [1.82, 2.24) is 10.0 Å². The van der Waals surface area contributed by atoms with Crippen molar-refractivity contribution < 1.29 is 8.42 Å². The normalized spacial score (nSPS) is 13.6. The highest BCUT2D eigenvalue weighted by Gasteiger charge is 2.19. The van der Waals surface area contributed by atoms with Gasteiger partial charge in [0.15, 0.2) is 0 Å². The van der Waals surface area contributed by atoms with Crippen LogP contribution in [-0.4, -0.2) is 21.0 Å². The van der Waals surface area contributed by atoms with Gasteiger partial charge in [-0.3, -0.25) is 0 Å². The lowest BCUT2D eigenvalue weighted by atomic mass is 10.1. The van der Waals surface area contributed by atoms with E-state index in [9.17, 15) is 8.42 Å². The van der Waals surface area contributed by atoms with Crippen LogP contribution in [0.4, 0.5) is 0 Å². The second-order valence-corrected chi connectivity index (χ2v) is 7.25. The first-order chi connectivity index (χ1) is 9.03. The van der Waals surface area contributed by atoms with Gasteiger partial charge in [0, 0.05) is 22.8 Å². The monoisotopic (exact) mass is 304 g/mol. The fraction of sp³-hybridized carbons (Fsp3) is 0.692. The maximum Gasteiger partial charge on any atom is 0.241 e. The molecule has 1 aromatic heterocycles. The smallest absolute Gasteiger partial charge is 0.241 e. The van der Waals surface area contributed by atoms with Gasteiger partial charge in [0.25, 0.3) is 0 Å². The van der Waals surface area contributed by atoms with E-state index >= 15 is 0 Å². The van der Waals surface area contributed by atoms with Crippen molar-refractivity contribution in [3.63, 3.8) is 0 Å². The van der Waals surface area contributed by atoms with Gasteiger partial charge < -0.3 is 5.32 Å². The molecule has 6 heteroatoms. The number of rotatable bonds is 9. The zero-order valence-electron chi connectivity index (χ0n) is 11.9. The van der Waals surface area contributed by atoms with Crippen molar-refractivity contribution in [1.29, 1.82) is 0 Å². The first kappa shape index (κ1) is 16.6. The third-order valence-electron chi connectivity index (χ3n) is 2.94. The molecule has 0 fully saturated rings. The van der Waals surface area contributed by atoms with Crippen LogP contribution in [0.15, 0.2) is 16.3 Å². The molecule has 1 heterocycles. The zero-order chi connectivity index (χ0) is 14.3. The molecule has 19 heavy (non-hydrogen) atoms. The van der Waals surface area contributed by atoms with Crippen LogP contribution in [0.25, 0.3) is 0 Å². The molecule has 1 atom stereocenters. The molecular weight excluding hydrogens is 280 g/mol. The van der Waals surface area contributed by atoms with Crippen LogP contribution < -0.4 is 10.0 Å². The molecule has 0 aliphatic heterocycles. The Morgan fingerprint density at radius 2 is 2.05 bits per heavy atom. The summed E-state index contributed by atoms with van der Waals surface area (Å²) in [7, 11) is -3.37. The Morgan fingerprint density at radius 3 is 2.63 bits per heavy atom. The molecule has 0 bridgehead atoms. The molecule has 1 rings (SSSR count). The van der Waals surface area contributed by atoms with E-state index in [0.29, 0.717) is 4.90 Å². The number of thiophene rings is 1. The van der Waals surface area contributed by atoms with Crippen LogP contribution in [0, 0.1) is 0 Å². The van der Waals surface area contributed by atoms with Gasteiger partial charge in [0.2, 0.25) is 10.0 Å². The molecule has 0 aliphatic rings. The Kier molecular flexibility index (Phi) is 6.99. The number of nitrogens with one attached hydrogen (secondary N) is 2. The van der Waals surface area contributed by atoms with Crippen LogP contribution in [0.5, 0.6) is 0 Å². The largest absolute Gasteiger partial charge is 0.312 e. The number of hydrogen-bond acceptors (Lipinski definition) is 4. The molecule has 0 saturated heterocycles. The molecule has 2 N–H and O–H groups in total. The van der Waals surface area contributed by atoms with Gasteiger partial charge in [0.05, 0.1) is 4.90 Å². The van der Waals surface area contributed by atoms with Crippen molar-refractivity contribution in [3.8, 4) is 0 Å². The molecule has 4 nitrogen and oxygen atoms in total. The zero-order valence-corrected chi connectivity index (χ0v) is 13.5. The average molecular weight is 304 g/mol. The Labute approximate surface area is 120 Å². The summed E-state index contributed by atoms with van der Waals surface area (Å²) < 4.78 is 27.3. The SMILES string of the molecule is CCCC(CC)NS(=O)(=O)c1csc(CNCC)c1. The lowest BCUT2D eigenvalue weighted by molar-refractivity contribution is 0.512. The average Bonchev–Trinajstić information content (AvgIpc) is 2.85. The van der Waals surface area contributed by atoms with E-state index in [4.69, 9.17) is 0 Å². The summed E-state index contributed by atoms with van der Waals surface area (Å²) in [4.78, 5) is 1.44. The van der Waals surface area contributed by atoms with Crippen molar-refractivity contribution in [2.24, 2.45) is 0 Å². The number of sulfonamides is 1. The Hall–Kier alpha value is -0.430. The second kappa shape index (κ2) is 7.99. The van der Waals surface area contributed by atoms with Crippen molar-refractivity contribution in [3.05, 3.63) is 16.3 Å². The van der Waals surface area contributed by atoms with E-state index in [0.717, 1.165) is 37.2 Å². The quantitative estimate of drug-likeness (QED) is 0.737. The van der Waals surface area contributed by atoms with E-state index in [1.54, 1.807) is 11.4 Å². The molecule has 0 aromatic carbocycles. The molecule has 0 amide bonds. The van der Waals surface area contributed by atoms with Crippen molar-refractivity contribution >= 4 is 21.4 Å². The van der Waals surface area contributed by atoms with Gasteiger partial charge in [-0.15, -0.1) is 11.3 Å². The van der Waals surface area contributed by atoms with Gasteiger partial charge in [-0.1, -0.05) is 27.2 Å². The van der Waals surface area contributed by atoms with Crippen LogP contribution in [0.2, 0.25) is 0 Å². The van der Waals surface area contributed by atoms with Gasteiger partial charge in [-0.2, -0.15) is 0 Å². The van der Waals surface area contributed by atoms with Gasteiger partial charge in [-0.05, 0) is 25.5 Å². The maximum absolute atomic E-state index is 12.2. The maximum atomic E-state index is 12.2. The summed E-state index contributed by atoms with van der Waals surface area (Å²) in [6.45, 7) is 7.71. The summed E-state index contributed by atoms with van der Waals surface area (Å²) in [6, 6.07) is 1.79. The summed E-state index contributed by atoms with van der Waals surface area (Å²) >= 11 is 1.48. The van der Waals surface area contributed by atoms with E-state index in [-0.39, 0.29) is 6.04 Å². The molecule has 110 valence electrons. The van der Waals surface area contributed by atoms with Gasteiger partial charge in [-0.25, -0.2) is 13.1 Å². The van der Waals surface area contributed by atoms with Crippen LogP contribution in [0.1, 0.15) is 44.9 Å². The number of hydrogen-bond donors (Lipinski definition) is 2. The Bertz CT molecular complexity index is 469. The molecule has 1 unspecified atom stereocenters. The van der Waals surface area contributed by atoms with Crippen molar-refractivity contribution in [2.45, 2.75) is 57.5 Å².